The molecule has 0 aromatic heterocycles. The highest BCUT2D eigenvalue weighted by atomic mass is 79.9. The topological polar surface area (TPSA) is 49.3 Å². The third-order valence-corrected chi connectivity index (χ3v) is 3.86. The Bertz CT molecular complexity index is 669. The van der Waals surface area contributed by atoms with Gasteiger partial charge in [-0.3, -0.25) is 4.79 Å². The molecule has 2 aromatic rings. The third kappa shape index (κ3) is 4.29. The van der Waals surface area contributed by atoms with Crippen molar-refractivity contribution in [1.29, 1.82) is 0 Å². The summed E-state index contributed by atoms with van der Waals surface area (Å²) in [6.45, 7) is 1.54. The summed E-state index contributed by atoms with van der Waals surface area (Å²) in [7, 11) is 0. The molecule has 0 bridgehead atoms. The molecule has 0 radical (unpaired) electrons. The summed E-state index contributed by atoms with van der Waals surface area (Å²) in [5.74, 6) is -0.738. The number of amides is 1. The average molecular weight is 387 g/mol. The number of rotatable bonds is 4. The number of aliphatic hydroxyl groups is 1. The molecule has 0 fully saturated rings. The van der Waals surface area contributed by atoms with Gasteiger partial charge in [0, 0.05) is 15.1 Å². The highest BCUT2D eigenvalue weighted by Crippen LogP contribution is 2.22. The zero-order valence-corrected chi connectivity index (χ0v) is 14.1. The van der Waals surface area contributed by atoms with Gasteiger partial charge in [-0.25, -0.2) is 4.39 Å². The highest BCUT2D eigenvalue weighted by molar-refractivity contribution is 9.10. The summed E-state index contributed by atoms with van der Waals surface area (Å²) >= 11 is 9.17. The van der Waals surface area contributed by atoms with Crippen molar-refractivity contribution in [2.45, 2.75) is 12.5 Å². The molecule has 2 N–H and O–H groups in total. The Hall–Kier alpha value is -1.43. The maximum absolute atomic E-state index is 12.9. The summed E-state index contributed by atoms with van der Waals surface area (Å²) < 4.78 is 13.6. The first-order valence-corrected chi connectivity index (χ1v) is 7.68. The normalized spacial score (nSPS) is 13.5. The first-order chi connectivity index (χ1) is 10.3. The number of hydrogen-bond donors (Lipinski definition) is 2. The maximum Gasteiger partial charge on any atom is 0.251 e. The highest BCUT2D eigenvalue weighted by Gasteiger charge is 2.24. The monoisotopic (exact) mass is 385 g/mol. The zero-order chi connectivity index (χ0) is 16.3. The van der Waals surface area contributed by atoms with Gasteiger partial charge in [0.05, 0.1) is 6.54 Å². The largest absolute Gasteiger partial charge is 0.384 e. The van der Waals surface area contributed by atoms with Crippen molar-refractivity contribution in [1.82, 2.24) is 5.32 Å². The van der Waals surface area contributed by atoms with Gasteiger partial charge < -0.3 is 10.4 Å². The van der Waals surface area contributed by atoms with E-state index in [-0.39, 0.29) is 18.3 Å². The molecule has 1 amide bonds. The molecule has 3 nitrogen and oxygen atoms in total. The molecule has 2 rings (SSSR count). The molecule has 6 heteroatoms. The minimum Gasteiger partial charge on any atom is -0.384 e. The molecular formula is C16H14BrClFNO2. The van der Waals surface area contributed by atoms with E-state index in [1.807, 2.05) is 0 Å². The Kier molecular flexibility index (Phi) is 5.21. The van der Waals surface area contributed by atoms with Crippen LogP contribution < -0.4 is 5.32 Å². The molecule has 1 atom stereocenters. The quantitative estimate of drug-likeness (QED) is 0.838. The van der Waals surface area contributed by atoms with E-state index in [2.05, 4.69) is 21.2 Å². The second-order valence-corrected chi connectivity index (χ2v) is 6.47. The predicted molar refractivity (Wildman–Crippen MR) is 87.5 cm³/mol. The summed E-state index contributed by atoms with van der Waals surface area (Å²) in [6.07, 6.45) is 0. The van der Waals surface area contributed by atoms with Gasteiger partial charge in [0.25, 0.3) is 5.91 Å². The summed E-state index contributed by atoms with van der Waals surface area (Å²) in [6, 6.07) is 10.3. The molecule has 0 heterocycles. The van der Waals surface area contributed by atoms with Crippen molar-refractivity contribution < 1.29 is 14.3 Å². The Balaban J connectivity index is 2.07. The minimum atomic E-state index is -1.31. The van der Waals surface area contributed by atoms with Gasteiger partial charge in [-0.15, -0.1) is 0 Å². The van der Waals surface area contributed by atoms with Crippen LogP contribution in [0.1, 0.15) is 22.8 Å². The molecule has 116 valence electrons. The van der Waals surface area contributed by atoms with Gasteiger partial charge in [-0.05, 0) is 42.8 Å². The van der Waals surface area contributed by atoms with Crippen LogP contribution in [0.2, 0.25) is 5.02 Å². The number of carbonyl (C=O) groups is 1. The summed E-state index contributed by atoms with van der Waals surface area (Å²) in [5.41, 5.74) is -0.408. The predicted octanol–water partition coefficient (Wildman–Crippen LogP) is 3.88. The number of carbonyl (C=O) groups excluding carboxylic acids is 1. The van der Waals surface area contributed by atoms with E-state index in [1.54, 1.807) is 19.1 Å². The Morgan fingerprint density at radius 2 is 1.95 bits per heavy atom. The van der Waals surface area contributed by atoms with Crippen molar-refractivity contribution in [3.05, 3.63) is 68.9 Å². The SMILES string of the molecule is CC(O)(CNC(=O)c1cc(Cl)cc(Br)c1)c1ccc(F)cc1. The molecule has 0 spiro atoms. The van der Waals surface area contributed by atoms with E-state index >= 15 is 0 Å². The van der Waals surface area contributed by atoms with Gasteiger partial charge in [0.2, 0.25) is 0 Å². The maximum atomic E-state index is 12.9. The van der Waals surface area contributed by atoms with Crippen molar-refractivity contribution in [2.24, 2.45) is 0 Å². The molecular weight excluding hydrogens is 373 g/mol. The Morgan fingerprint density at radius 3 is 2.55 bits per heavy atom. The van der Waals surface area contributed by atoms with Crippen molar-refractivity contribution in [3.63, 3.8) is 0 Å². The number of hydrogen-bond acceptors (Lipinski definition) is 2. The van der Waals surface area contributed by atoms with Crippen molar-refractivity contribution >= 4 is 33.4 Å². The Labute approximate surface area is 141 Å². The lowest BCUT2D eigenvalue weighted by Crippen LogP contribution is -2.38. The van der Waals surface area contributed by atoms with Crippen LogP contribution in [-0.4, -0.2) is 17.6 Å². The molecule has 0 saturated heterocycles. The fourth-order valence-corrected chi connectivity index (χ4v) is 2.81. The molecule has 1 unspecified atom stereocenters. The lowest BCUT2D eigenvalue weighted by molar-refractivity contribution is 0.0526. The average Bonchev–Trinajstić information content (AvgIpc) is 2.44. The van der Waals surface area contributed by atoms with Crippen LogP contribution in [0.15, 0.2) is 46.9 Å². The van der Waals surface area contributed by atoms with Gasteiger partial charge in [0.1, 0.15) is 11.4 Å². The molecule has 22 heavy (non-hydrogen) atoms. The standard InChI is InChI=1S/C16H14BrClFNO2/c1-16(22,11-2-4-14(19)5-3-11)9-20-15(21)10-6-12(17)8-13(18)7-10/h2-8,22H,9H2,1H3,(H,20,21). The van der Waals surface area contributed by atoms with Crippen LogP contribution in [0.25, 0.3) is 0 Å². The van der Waals surface area contributed by atoms with E-state index in [0.29, 0.717) is 20.6 Å². The second-order valence-electron chi connectivity index (χ2n) is 5.12. The van der Waals surface area contributed by atoms with Crippen molar-refractivity contribution in [3.8, 4) is 0 Å². The van der Waals surface area contributed by atoms with E-state index in [9.17, 15) is 14.3 Å². The fourth-order valence-electron chi connectivity index (χ4n) is 1.95. The van der Waals surface area contributed by atoms with Gasteiger partial charge in [0.15, 0.2) is 0 Å². The van der Waals surface area contributed by atoms with Gasteiger partial charge >= 0.3 is 0 Å². The minimum absolute atomic E-state index is 0.0123. The third-order valence-electron chi connectivity index (χ3n) is 3.18. The number of nitrogens with one attached hydrogen (secondary N) is 1. The van der Waals surface area contributed by atoms with Gasteiger partial charge in [-0.2, -0.15) is 0 Å². The lowest BCUT2D eigenvalue weighted by Gasteiger charge is -2.24. The fraction of sp³-hybridized carbons (Fsp3) is 0.188. The van der Waals surface area contributed by atoms with Crippen LogP contribution in [-0.2, 0) is 5.60 Å². The zero-order valence-electron chi connectivity index (χ0n) is 11.7. The molecule has 0 saturated carbocycles. The smallest absolute Gasteiger partial charge is 0.251 e. The number of benzene rings is 2. The van der Waals surface area contributed by atoms with Crippen molar-refractivity contribution in [2.75, 3.05) is 6.54 Å². The first-order valence-electron chi connectivity index (χ1n) is 6.51. The van der Waals surface area contributed by atoms with E-state index in [0.717, 1.165) is 0 Å². The van der Waals surface area contributed by atoms with Gasteiger partial charge in [-0.1, -0.05) is 39.7 Å². The van der Waals surface area contributed by atoms with E-state index < -0.39 is 5.60 Å². The van der Waals surface area contributed by atoms with Crippen LogP contribution in [0.5, 0.6) is 0 Å². The molecule has 0 aliphatic carbocycles. The lowest BCUT2D eigenvalue weighted by atomic mass is 9.96. The van der Waals surface area contributed by atoms with Crippen LogP contribution in [0.4, 0.5) is 4.39 Å². The second kappa shape index (κ2) is 6.77. The molecule has 2 aromatic carbocycles. The van der Waals surface area contributed by atoms with Crippen LogP contribution in [0, 0.1) is 5.82 Å². The van der Waals surface area contributed by atoms with Crippen LogP contribution in [0.3, 0.4) is 0 Å². The first kappa shape index (κ1) is 16.9. The van der Waals surface area contributed by atoms with E-state index in [1.165, 1.54) is 30.3 Å². The summed E-state index contributed by atoms with van der Waals surface area (Å²) in [5, 5.41) is 13.5. The molecule has 0 aliphatic rings. The molecule has 0 aliphatic heterocycles. The van der Waals surface area contributed by atoms with Crippen LogP contribution >= 0.6 is 27.5 Å². The Morgan fingerprint density at radius 1 is 1.32 bits per heavy atom. The number of halogens is 3. The van der Waals surface area contributed by atoms with E-state index in [4.69, 9.17) is 11.6 Å². The summed E-state index contributed by atoms with van der Waals surface area (Å²) in [4.78, 5) is 12.1.